The number of rotatable bonds is 1. The van der Waals surface area contributed by atoms with Crippen molar-refractivity contribution in [1.29, 1.82) is 0 Å². The molecule has 4 heteroatoms. The van der Waals surface area contributed by atoms with Gasteiger partial charge in [-0.15, -0.1) is 11.3 Å². The molecule has 1 aromatic rings. The van der Waals surface area contributed by atoms with E-state index in [1.54, 1.807) is 0 Å². The van der Waals surface area contributed by atoms with Gasteiger partial charge in [-0.1, -0.05) is 12.8 Å². The number of guanidine groups is 1. The lowest BCUT2D eigenvalue weighted by molar-refractivity contribution is 0.389. The summed E-state index contributed by atoms with van der Waals surface area (Å²) in [4.78, 5) is 8.43. The van der Waals surface area contributed by atoms with Crippen molar-refractivity contribution in [2.45, 2.75) is 44.7 Å². The molecule has 17 heavy (non-hydrogen) atoms. The molecular formula is C13H19N3S. The van der Waals surface area contributed by atoms with Gasteiger partial charge in [0.05, 0.1) is 6.04 Å². The number of nitrogens with two attached hydrogens (primary N) is 1. The van der Waals surface area contributed by atoms with E-state index >= 15 is 0 Å². The van der Waals surface area contributed by atoms with Gasteiger partial charge in [0.2, 0.25) is 0 Å². The van der Waals surface area contributed by atoms with Crippen LogP contribution in [0.15, 0.2) is 16.4 Å². The summed E-state index contributed by atoms with van der Waals surface area (Å²) in [7, 11) is 0. The van der Waals surface area contributed by atoms with Crippen LogP contribution in [0.1, 0.15) is 36.1 Å². The maximum absolute atomic E-state index is 6.13. The normalized spacial score (nSPS) is 21.9. The lowest BCUT2D eigenvalue weighted by Gasteiger charge is -2.28. The van der Waals surface area contributed by atoms with Crippen molar-refractivity contribution in [2.24, 2.45) is 10.7 Å². The van der Waals surface area contributed by atoms with Crippen LogP contribution in [-0.2, 0) is 13.0 Å². The van der Waals surface area contributed by atoms with Crippen LogP contribution in [0.3, 0.4) is 0 Å². The SMILES string of the molecule is NC(=NC1CCCC1)N1CCc2sccc2C1. The highest BCUT2D eigenvalue weighted by molar-refractivity contribution is 7.10. The van der Waals surface area contributed by atoms with Crippen molar-refractivity contribution in [3.8, 4) is 0 Å². The predicted octanol–water partition coefficient (Wildman–Crippen LogP) is 2.36. The molecule has 0 atom stereocenters. The molecule has 1 aliphatic carbocycles. The molecule has 1 aliphatic heterocycles. The molecule has 2 heterocycles. The van der Waals surface area contributed by atoms with E-state index in [1.165, 1.54) is 36.1 Å². The molecule has 3 nitrogen and oxygen atoms in total. The topological polar surface area (TPSA) is 41.6 Å². The molecule has 3 rings (SSSR count). The van der Waals surface area contributed by atoms with Gasteiger partial charge in [-0.3, -0.25) is 0 Å². The highest BCUT2D eigenvalue weighted by atomic mass is 32.1. The lowest BCUT2D eigenvalue weighted by Crippen LogP contribution is -2.41. The Hall–Kier alpha value is -1.03. The Morgan fingerprint density at radius 3 is 3.06 bits per heavy atom. The van der Waals surface area contributed by atoms with Crippen LogP contribution in [0.4, 0.5) is 0 Å². The molecule has 92 valence electrons. The third kappa shape index (κ3) is 2.32. The Bertz CT molecular complexity index is 418. The van der Waals surface area contributed by atoms with Crippen LogP contribution in [-0.4, -0.2) is 23.4 Å². The van der Waals surface area contributed by atoms with Crippen LogP contribution in [0.2, 0.25) is 0 Å². The van der Waals surface area contributed by atoms with E-state index in [1.807, 2.05) is 11.3 Å². The van der Waals surface area contributed by atoms with Crippen LogP contribution in [0, 0.1) is 0 Å². The van der Waals surface area contributed by atoms with Gasteiger partial charge in [-0.2, -0.15) is 0 Å². The standard InChI is InChI=1S/C13H19N3S/c14-13(15-11-3-1-2-4-11)16-7-5-12-10(9-16)6-8-17-12/h6,8,11H,1-5,7,9H2,(H2,14,15). The Morgan fingerprint density at radius 2 is 2.24 bits per heavy atom. The van der Waals surface area contributed by atoms with Gasteiger partial charge in [0.15, 0.2) is 5.96 Å². The molecule has 0 unspecified atom stereocenters. The van der Waals surface area contributed by atoms with Crippen molar-refractivity contribution in [2.75, 3.05) is 6.54 Å². The summed E-state index contributed by atoms with van der Waals surface area (Å²) in [6.07, 6.45) is 6.19. The summed E-state index contributed by atoms with van der Waals surface area (Å²) in [5.41, 5.74) is 7.57. The van der Waals surface area contributed by atoms with E-state index in [4.69, 9.17) is 5.73 Å². The van der Waals surface area contributed by atoms with E-state index in [2.05, 4.69) is 21.3 Å². The lowest BCUT2D eigenvalue weighted by atomic mass is 10.1. The Morgan fingerprint density at radius 1 is 1.41 bits per heavy atom. The van der Waals surface area contributed by atoms with Crippen molar-refractivity contribution in [3.05, 3.63) is 21.9 Å². The smallest absolute Gasteiger partial charge is 0.191 e. The average Bonchev–Trinajstić information content (AvgIpc) is 2.97. The van der Waals surface area contributed by atoms with Crippen LogP contribution in [0.25, 0.3) is 0 Å². The molecule has 1 saturated carbocycles. The minimum Gasteiger partial charge on any atom is -0.370 e. The summed E-state index contributed by atoms with van der Waals surface area (Å²) >= 11 is 1.86. The molecular weight excluding hydrogens is 230 g/mol. The first-order valence-corrected chi connectivity index (χ1v) is 7.34. The predicted molar refractivity (Wildman–Crippen MR) is 72.3 cm³/mol. The first-order valence-electron chi connectivity index (χ1n) is 6.46. The third-order valence-electron chi connectivity index (χ3n) is 3.77. The second-order valence-corrected chi connectivity index (χ2v) is 5.97. The number of hydrogen-bond acceptors (Lipinski definition) is 2. The minimum absolute atomic E-state index is 0.485. The maximum Gasteiger partial charge on any atom is 0.191 e. The quantitative estimate of drug-likeness (QED) is 0.613. The van der Waals surface area contributed by atoms with E-state index in [0.29, 0.717) is 6.04 Å². The van der Waals surface area contributed by atoms with Gasteiger partial charge in [-0.25, -0.2) is 4.99 Å². The van der Waals surface area contributed by atoms with Gasteiger partial charge < -0.3 is 10.6 Å². The van der Waals surface area contributed by atoms with E-state index in [9.17, 15) is 0 Å². The molecule has 0 spiro atoms. The molecule has 0 bridgehead atoms. The van der Waals surface area contributed by atoms with E-state index < -0.39 is 0 Å². The molecule has 0 saturated heterocycles. The van der Waals surface area contributed by atoms with Crippen molar-refractivity contribution >= 4 is 17.3 Å². The molecule has 2 aliphatic rings. The van der Waals surface area contributed by atoms with Gasteiger partial charge in [0.1, 0.15) is 0 Å². The molecule has 1 aromatic heterocycles. The average molecular weight is 249 g/mol. The fourth-order valence-electron chi connectivity index (χ4n) is 2.75. The fraction of sp³-hybridized carbons (Fsp3) is 0.615. The van der Waals surface area contributed by atoms with Crippen LogP contribution in [0.5, 0.6) is 0 Å². The highest BCUT2D eigenvalue weighted by Gasteiger charge is 2.20. The second-order valence-electron chi connectivity index (χ2n) is 4.97. The zero-order valence-corrected chi connectivity index (χ0v) is 10.9. The number of thiophene rings is 1. The summed E-state index contributed by atoms with van der Waals surface area (Å²) in [5.74, 6) is 0.758. The number of hydrogen-bond donors (Lipinski definition) is 1. The molecule has 0 radical (unpaired) electrons. The Labute approximate surface area is 106 Å². The Balaban J connectivity index is 1.69. The first kappa shape index (κ1) is 11.1. The molecule has 1 fully saturated rings. The second kappa shape index (κ2) is 4.69. The molecule has 0 aromatic carbocycles. The summed E-state index contributed by atoms with van der Waals surface area (Å²) in [6.45, 7) is 1.97. The van der Waals surface area contributed by atoms with Crippen molar-refractivity contribution in [1.82, 2.24) is 4.90 Å². The van der Waals surface area contributed by atoms with Crippen LogP contribution >= 0.6 is 11.3 Å². The summed E-state index contributed by atoms with van der Waals surface area (Å²) < 4.78 is 0. The minimum atomic E-state index is 0.485. The summed E-state index contributed by atoms with van der Waals surface area (Å²) in [6, 6.07) is 2.70. The van der Waals surface area contributed by atoms with Gasteiger partial charge in [0.25, 0.3) is 0 Å². The Kier molecular flexibility index (Phi) is 3.05. The van der Waals surface area contributed by atoms with E-state index in [0.717, 1.165) is 25.5 Å². The fourth-order valence-corrected chi connectivity index (χ4v) is 3.64. The first-order chi connectivity index (χ1) is 8.33. The zero-order chi connectivity index (χ0) is 11.7. The van der Waals surface area contributed by atoms with Gasteiger partial charge in [0, 0.05) is 18.0 Å². The maximum atomic E-state index is 6.13. The van der Waals surface area contributed by atoms with Gasteiger partial charge >= 0.3 is 0 Å². The van der Waals surface area contributed by atoms with Crippen molar-refractivity contribution in [3.63, 3.8) is 0 Å². The number of fused-ring (bicyclic) bond motifs is 1. The van der Waals surface area contributed by atoms with Crippen LogP contribution < -0.4 is 5.73 Å². The number of nitrogens with zero attached hydrogens (tertiary/aromatic N) is 2. The largest absolute Gasteiger partial charge is 0.370 e. The van der Waals surface area contributed by atoms with Gasteiger partial charge in [-0.05, 0) is 36.3 Å². The molecule has 0 amide bonds. The monoisotopic (exact) mass is 249 g/mol. The zero-order valence-electron chi connectivity index (χ0n) is 10.1. The van der Waals surface area contributed by atoms with Crippen molar-refractivity contribution < 1.29 is 0 Å². The highest BCUT2D eigenvalue weighted by Crippen LogP contribution is 2.25. The molecule has 2 N–H and O–H groups in total. The van der Waals surface area contributed by atoms with E-state index in [-0.39, 0.29) is 0 Å². The summed E-state index contributed by atoms with van der Waals surface area (Å²) in [5, 5.41) is 2.18. The number of aliphatic imine (C=N–C) groups is 1. The third-order valence-corrected chi connectivity index (χ3v) is 4.79.